The average Bonchev–Trinajstić information content (AvgIpc) is 1.98. The first-order valence-corrected chi connectivity index (χ1v) is 9.29. The van der Waals surface area contributed by atoms with Gasteiger partial charge in [-0.15, -0.1) is 0 Å². The second-order valence-electron chi connectivity index (χ2n) is 5.13. The maximum atomic E-state index is 5.86. The lowest BCUT2D eigenvalue weighted by atomic mass is 10.1. The third-order valence-electron chi connectivity index (χ3n) is 2.48. The first-order valence-electron chi connectivity index (χ1n) is 4.88. The van der Waals surface area contributed by atoms with Gasteiger partial charge in [-0.2, -0.15) is 0 Å². The van der Waals surface area contributed by atoms with Crippen molar-refractivity contribution in [2.75, 3.05) is 13.7 Å². The summed E-state index contributed by atoms with van der Waals surface area (Å²) in [6, 6.07) is 0. The van der Waals surface area contributed by atoms with Crippen molar-refractivity contribution in [3.63, 3.8) is 0 Å². The molecule has 80 valence electrons. The Balaban J connectivity index is 3.95. The Labute approximate surface area is 86.6 Å². The van der Waals surface area contributed by atoms with Crippen molar-refractivity contribution in [3.8, 4) is 0 Å². The van der Waals surface area contributed by atoms with Gasteiger partial charge in [-0.3, -0.25) is 0 Å². The molecule has 0 amide bonds. The molecule has 0 spiro atoms. The maximum Gasteiger partial charge on any atom is 0.183 e. The highest BCUT2D eigenvalue weighted by Crippen LogP contribution is 2.18. The average molecular weight is 220 g/mol. The first kappa shape index (κ1) is 13.4. The van der Waals surface area contributed by atoms with E-state index in [1.807, 2.05) is 0 Å². The van der Waals surface area contributed by atoms with Crippen LogP contribution in [0.25, 0.3) is 0 Å². The molecule has 0 aliphatic rings. The van der Waals surface area contributed by atoms with Crippen LogP contribution in [0.3, 0.4) is 0 Å². The molecule has 0 fully saturated rings. The first-order chi connectivity index (χ1) is 5.69. The van der Waals surface area contributed by atoms with E-state index in [0.29, 0.717) is 5.92 Å². The van der Waals surface area contributed by atoms with Crippen LogP contribution in [-0.2, 0) is 9.16 Å². The molecule has 2 atom stereocenters. The molecule has 0 aliphatic heterocycles. The molecule has 0 heterocycles. The monoisotopic (exact) mass is 220 g/mol. The molecular formula is C9H24O2Si2. The van der Waals surface area contributed by atoms with Gasteiger partial charge in [0, 0.05) is 29.9 Å². The molecule has 0 bridgehead atoms. The van der Waals surface area contributed by atoms with E-state index in [9.17, 15) is 0 Å². The number of methoxy groups -OCH3 is 1. The Kier molecular flexibility index (Phi) is 4.86. The molecule has 0 radical (unpaired) electrons. The van der Waals surface area contributed by atoms with Crippen LogP contribution in [0.5, 0.6) is 0 Å². The quantitative estimate of drug-likeness (QED) is 0.648. The van der Waals surface area contributed by atoms with Gasteiger partial charge in [-0.1, -0.05) is 6.92 Å². The normalized spacial score (nSPS) is 19.8. The molecule has 0 aromatic carbocycles. The topological polar surface area (TPSA) is 18.5 Å². The fourth-order valence-corrected chi connectivity index (χ4v) is 1.69. The van der Waals surface area contributed by atoms with Gasteiger partial charge in [-0.05, 0) is 26.6 Å². The van der Waals surface area contributed by atoms with Crippen molar-refractivity contribution in [1.82, 2.24) is 0 Å². The second-order valence-corrected chi connectivity index (χ2v) is 11.6. The Morgan fingerprint density at radius 3 is 2.15 bits per heavy atom. The van der Waals surface area contributed by atoms with Crippen LogP contribution in [0.1, 0.15) is 13.8 Å². The minimum atomic E-state index is -1.35. The molecule has 0 aromatic heterocycles. The lowest BCUT2D eigenvalue weighted by molar-refractivity contribution is 0.0150. The molecule has 4 heteroatoms. The zero-order chi connectivity index (χ0) is 10.7. The highest BCUT2D eigenvalue weighted by Gasteiger charge is 2.27. The smallest absolute Gasteiger partial charge is 0.183 e. The van der Waals surface area contributed by atoms with Crippen molar-refractivity contribution in [2.45, 2.75) is 38.7 Å². The Morgan fingerprint density at radius 2 is 1.85 bits per heavy atom. The fraction of sp³-hybridized carbons (Fsp3) is 1.00. The molecule has 0 saturated carbocycles. The van der Waals surface area contributed by atoms with E-state index in [0.717, 1.165) is 16.8 Å². The summed E-state index contributed by atoms with van der Waals surface area (Å²) in [4.78, 5) is 0. The van der Waals surface area contributed by atoms with Crippen molar-refractivity contribution in [3.05, 3.63) is 0 Å². The maximum absolute atomic E-state index is 5.86. The van der Waals surface area contributed by atoms with Gasteiger partial charge >= 0.3 is 0 Å². The second kappa shape index (κ2) is 4.73. The van der Waals surface area contributed by atoms with Crippen molar-refractivity contribution >= 4 is 18.6 Å². The minimum Gasteiger partial charge on any atom is -0.417 e. The molecule has 0 aliphatic carbocycles. The largest absolute Gasteiger partial charge is 0.417 e. The van der Waals surface area contributed by atoms with Crippen LogP contribution in [0.15, 0.2) is 0 Å². The predicted molar refractivity (Wildman–Crippen MR) is 63.8 cm³/mol. The standard InChI is InChI=1S/C9H24O2Si2/c1-8(9(2,12)10-3)7-11-13(4,5)6/h8H,7H2,1-6,12H3. The van der Waals surface area contributed by atoms with Gasteiger partial charge in [0.2, 0.25) is 0 Å². The predicted octanol–water partition coefficient (Wildman–Crippen LogP) is 1.20. The highest BCUT2D eigenvalue weighted by atomic mass is 28.4. The van der Waals surface area contributed by atoms with Crippen LogP contribution in [0.2, 0.25) is 19.6 Å². The van der Waals surface area contributed by atoms with Crippen LogP contribution >= 0.6 is 0 Å². The molecule has 2 unspecified atom stereocenters. The molecule has 13 heavy (non-hydrogen) atoms. The Bertz CT molecular complexity index is 152. The van der Waals surface area contributed by atoms with Gasteiger partial charge in [0.25, 0.3) is 0 Å². The molecule has 2 nitrogen and oxygen atoms in total. The zero-order valence-corrected chi connectivity index (χ0v) is 13.1. The molecular weight excluding hydrogens is 196 g/mol. The molecule has 0 aromatic rings. The summed E-state index contributed by atoms with van der Waals surface area (Å²) in [7, 11) is 1.48. The zero-order valence-electron chi connectivity index (χ0n) is 10.1. The van der Waals surface area contributed by atoms with Crippen LogP contribution in [0.4, 0.5) is 0 Å². The van der Waals surface area contributed by atoms with Gasteiger partial charge in [-0.25, -0.2) is 0 Å². The van der Waals surface area contributed by atoms with E-state index in [2.05, 4.69) is 33.5 Å². The summed E-state index contributed by atoms with van der Waals surface area (Å²) in [6.45, 7) is 11.9. The summed E-state index contributed by atoms with van der Waals surface area (Å²) < 4.78 is 11.3. The van der Waals surface area contributed by atoms with Gasteiger partial charge in [0.1, 0.15) is 0 Å². The van der Waals surface area contributed by atoms with E-state index in [1.165, 1.54) is 0 Å². The van der Waals surface area contributed by atoms with Crippen LogP contribution < -0.4 is 0 Å². The Morgan fingerprint density at radius 1 is 1.38 bits per heavy atom. The van der Waals surface area contributed by atoms with Crippen molar-refractivity contribution in [1.29, 1.82) is 0 Å². The summed E-state index contributed by atoms with van der Waals surface area (Å²) in [5.41, 5.74) is 0. The third kappa shape index (κ3) is 5.62. The lowest BCUT2D eigenvalue weighted by Gasteiger charge is -2.32. The van der Waals surface area contributed by atoms with Crippen LogP contribution in [0, 0.1) is 5.92 Å². The fourth-order valence-electron chi connectivity index (χ4n) is 0.777. The summed E-state index contributed by atoms with van der Waals surface area (Å²) >= 11 is 0. The highest BCUT2D eigenvalue weighted by molar-refractivity contribution is 6.69. The van der Waals surface area contributed by atoms with E-state index in [1.54, 1.807) is 7.11 Å². The van der Waals surface area contributed by atoms with Gasteiger partial charge in [0.05, 0.1) is 5.22 Å². The van der Waals surface area contributed by atoms with Gasteiger partial charge in [0.15, 0.2) is 8.32 Å². The SMILES string of the molecule is COC(C)([SiH3])C(C)CO[Si](C)(C)C. The summed E-state index contributed by atoms with van der Waals surface area (Å²) in [6.07, 6.45) is 0. The van der Waals surface area contributed by atoms with E-state index in [-0.39, 0.29) is 5.22 Å². The van der Waals surface area contributed by atoms with Gasteiger partial charge < -0.3 is 9.16 Å². The summed E-state index contributed by atoms with van der Waals surface area (Å²) in [5, 5.41) is 0.0552. The minimum absolute atomic E-state index is 0.0552. The number of ether oxygens (including phenoxy) is 1. The summed E-state index contributed by atoms with van der Waals surface area (Å²) in [5.74, 6) is 0.496. The lowest BCUT2D eigenvalue weighted by Crippen LogP contribution is -2.40. The number of hydrogen-bond donors (Lipinski definition) is 0. The number of rotatable bonds is 5. The van der Waals surface area contributed by atoms with E-state index >= 15 is 0 Å². The molecule has 0 N–H and O–H groups in total. The molecule has 0 rings (SSSR count). The molecule has 0 saturated heterocycles. The number of hydrogen-bond acceptors (Lipinski definition) is 2. The van der Waals surface area contributed by atoms with E-state index < -0.39 is 8.32 Å². The van der Waals surface area contributed by atoms with Crippen molar-refractivity contribution in [2.24, 2.45) is 5.92 Å². The Hall–Kier alpha value is 0.354. The van der Waals surface area contributed by atoms with Crippen LogP contribution in [-0.4, -0.2) is 37.5 Å². The van der Waals surface area contributed by atoms with Crippen molar-refractivity contribution < 1.29 is 9.16 Å². The van der Waals surface area contributed by atoms with E-state index in [4.69, 9.17) is 9.16 Å². The third-order valence-corrected chi connectivity index (χ3v) is 4.91.